The van der Waals surface area contributed by atoms with Gasteiger partial charge in [-0.05, 0) is 89.2 Å². The van der Waals surface area contributed by atoms with E-state index in [0.29, 0.717) is 47.1 Å². The molecule has 3 aliphatic carbocycles. The smallest absolute Gasteiger partial charge is 0.227 e. The average molecular weight is 773 g/mol. The second-order valence-corrected chi connectivity index (χ2v) is 15.8. The predicted molar refractivity (Wildman–Crippen MR) is 206 cm³/mol. The maximum absolute atomic E-state index is 11.2. The first-order chi connectivity index (χ1) is 27.3. The van der Waals surface area contributed by atoms with Crippen molar-refractivity contribution in [2.45, 2.75) is 151 Å². The number of tetrazole rings is 1. The SMILES string of the molecule is CCn1nnc([C@H]2O[C@@H](n3cnc4c(NC5CCC(Nc6nc(NC7CCC(N)CC7)nc7[nH]cnc67)CC5)nc(NC5CCC(N)CC5)nc43)[C@@H](O)[C@H]2O)n1. The lowest BCUT2D eigenvalue weighted by atomic mass is 9.91. The quantitative estimate of drug-likeness (QED) is 0.0923. The molecule has 11 N–H and O–H groups in total. The highest BCUT2D eigenvalue weighted by Gasteiger charge is 2.47. The van der Waals surface area contributed by atoms with Crippen LogP contribution in [0, 0.1) is 0 Å². The molecular weight excluding hydrogens is 721 g/mol. The van der Waals surface area contributed by atoms with Crippen LogP contribution < -0.4 is 32.7 Å². The summed E-state index contributed by atoms with van der Waals surface area (Å²) in [5.74, 6) is 2.54. The number of anilines is 4. The van der Waals surface area contributed by atoms with Gasteiger partial charge in [0.25, 0.3) is 0 Å². The number of H-pyrrole nitrogens is 1. The second-order valence-electron chi connectivity index (χ2n) is 15.8. The van der Waals surface area contributed by atoms with Crippen molar-refractivity contribution >= 4 is 45.9 Å². The summed E-state index contributed by atoms with van der Waals surface area (Å²) in [6.45, 7) is 2.39. The van der Waals surface area contributed by atoms with Gasteiger partial charge in [0.15, 0.2) is 40.8 Å². The zero-order valence-electron chi connectivity index (χ0n) is 31.5. The van der Waals surface area contributed by atoms with E-state index in [-0.39, 0.29) is 36.0 Å². The molecule has 0 radical (unpaired) electrons. The van der Waals surface area contributed by atoms with Crippen LogP contribution in [-0.4, -0.2) is 118 Å². The minimum atomic E-state index is -1.30. The molecule has 6 heterocycles. The van der Waals surface area contributed by atoms with Crippen LogP contribution in [0.15, 0.2) is 12.7 Å². The Labute approximate surface area is 322 Å². The molecule has 1 aliphatic heterocycles. The number of fused-ring (bicyclic) bond motifs is 2. The van der Waals surface area contributed by atoms with E-state index in [4.69, 9.17) is 41.1 Å². The molecule has 300 valence electrons. The van der Waals surface area contributed by atoms with Crippen molar-refractivity contribution in [3.63, 3.8) is 0 Å². The van der Waals surface area contributed by atoms with Crippen molar-refractivity contribution in [2.75, 3.05) is 21.3 Å². The monoisotopic (exact) mass is 772 g/mol. The number of aromatic nitrogens is 12. The molecule has 21 heteroatoms. The summed E-state index contributed by atoms with van der Waals surface area (Å²) in [7, 11) is 0. The number of ether oxygens (including phenoxy) is 1. The number of nitrogens with two attached hydrogens (primary N) is 2. The Morgan fingerprint density at radius 3 is 1.91 bits per heavy atom. The van der Waals surface area contributed by atoms with Crippen LogP contribution in [0.2, 0.25) is 0 Å². The molecule has 0 spiro atoms. The number of hydrogen-bond acceptors (Lipinski definition) is 18. The van der Waals surface area contributed by atoms with Crippen LogP contribution >= 0.6 is 0 Å². The lowest BCUT2D eigenvalue weighted by Crippen LogP contribution is -2.34. The molecule has 3 saturated carbocycles. The van der Waals surface area contributed by atoms with Gasteiger partial charge in [-0.15, -0.1) is 10.2 Å². The summed E-state index contributed by atoms with van der Waals surface area (Å²) in [4.78, 5) is 33.2. The van der Waals surface area contributed by atoms with Crippen LogP contribution in [0.3, 0.4) is 0 Å². The number of aromatic amines is 1. The Kier molecular flexibility index (Phi) is 10.2. The topological polar surface area (TPSA) is 292 Å². The molecule has 5 aromatic rings. The van der Waals surface area contributed by atoms with Crippen molar-refractivity contribution in [1.29, 1.82) is 0 Å². The first kappa shape index (κ1) is 36.8. The fourth-order valence-corrected chi connectivity index (χ4v) is 8.54. The van der Waals surface area contributed by atoms with Gasteiger partial charge in [0.05, 0.1) is 19.2 Å². The van der Waals surface area contributed by atoms with E-state index >= 15 is 0 Å². The van der Waals surface area contributed by atoms with Crippen LogP contribution in [0.1, 0.15) is 102 Å². The zero-order chi connectivity index (χ0) is 38.3. The molecule has 9 rings (SSSR count). The van der Waals surface area contributed by atoms with Gasteiger partial charge in [0.1, 0.15) is 17.7 Å². The van der Waals surface area contributed by atoms with Gasteiger partial charge < -0.3 is 52.7 Å². The molecule has 0 unspecified atom stereocenters. The molecule has 4 atom stereocenters. The normalized spacial score (nSPS) is 31.2. The Morgan fingerprint density at radius 1 is 0.732 bits per heavy atom. The number of rotatable bonds is 11. The van der Waals surface area contributed by atoms with Gasteiger partial charge in [-0.1, -0.05) is 0 Å². The van der Waals surface area contributed by atoms with Gasteiger partial charge in [-0.2, -0.15) is 24.7 Å². The summed E-state index contributed by atoms with van der Waals surface area (Å²) in [5, 5.41) is 49.0. The predicted octanol–water partition coefficient (Wildman–Crippen LogP) is 1.69. The van der Waals surface area contributed by atoms with Crippen molar-refractivity contribution < 1.29 is 14.9 Å². The summed E-state index contributed by atoms with van der Waals surface area (Å²) in [6.07, 6.45) is 9.84. The summed E-state index contributed by atoms with van der Waals surface area (Å²) in [5.41, 5.74) is 14.7. The Morgan fingerprint density at radius 2 is 1.30 bits per heavy atom. The van der Waals surface area contributed by atoms with Crippen molar-refractivity contribution in [1.82, 2.24) is 59.7 Å². The van der Waals surface area contributed by atoms with Gasteiger partial charge in [0.2, 0.25) is 17.7 Å². The third-order valence-corrected chi connectivity index (χ3v) is 11.8. The number of aryl methyl sites for hydroxylation is 1. The van der Waals surface area contributed by atoms with E-state index < -0.39 is 24.5 Å². The van der Waals surface area contributed by atoms with Crippen LogP contribution in [0.25, 0.3) is 22.3 Å². The lowest BCUT2D eigenvalue weighted by molar-refractivity contribution is -0.0384. The van der Waals surface area contributed by atoms with Gasteiger partial charge in [-0.25, -0.2) is 9.97 Å². The number of aliphatic hydroxyl groups is 2. The first-order valence-corrected chi connectivity index (χ1v) is 20.1. The molecule has 0 aromatic carbocycles. The Bertz CT molecular complexity index is 2100. The fraction of sp³-hybridized carbons (Fsp3) is 0.686. The Hall–Kier alpha value is -4.83. The van der Waals surface area contributed by atoms with E-state index in [9.17, 15) is 10.2 Å². The molecule has 0 amide bonds. The number of nitrogens with one attached hydrogen (secondary N) is 5. The van der Waals surface area contributed by atoms with Gasteiger partial charge >= 0.3 is 0 Å². The summed E-state index contributed by atoms with van der Waals surface area (Å²) < 4.78 is 7.85. The third-order valence-electron chi connectivity index (χ3n) is 11.8. The molecule has 4 aliphatic rings. The highest BCUT2D eigenvalue weighted by atomic mass is 16.6. The number of imidazole rings is 2. The summed E-state index contributed by atoms with van der Waals surface area (Å²) >= 11 is 0. The van der Waals surface area contributed by atoms with E-state index in [1.54, 1.807) is 17.2 Å². The number of aliphatic hydroxyl groups excluding tert-OH is 2. The third kappa shape index (κ3) is 7.52. The van der Waals surface area contributed by atoms with Crippen LogP contribution in [0.5, 0.6) is 0 Å². The number of hydrogen-bond donors (Lipinski definition) is 9. The van der Waals surface area contributed by atoms with Crippen molar-refractivity contribution in [3.05, 3.63) is 18.5 Å². The van der Waals surface area contributed by atoms with Gasteiger partial charge in [0, 0.05) is 36.3 Å². The minimum absolute atomic E-state index is 0.120. The maximum atomic E-state index is 11.2. The van der Waals surface area contributed by atoms with Crippen LogP contribution in [0.4, 0.5) is 23.5 Å². The molecule has 56 heavy (non-hydrogen) atoms. The van der Waals surface area contributed by atoms with E-state index in [1.165, 1.54) is 4.80 Å². The van der Waals surface area contributed by atoms with Gasteiger partial charge in [-0.3, -0.25) is 4.57 Å². The molecule has 21 nitrogen and oxygen atoms in total. The summed E-state index contributed by atoms with van der Waals surface area (Å²) in [6, 6.07) is 1.25. The Balaban J connectivity index is 0.918. The largest absolute Gasteiger partial charge is 0.387 e. The average Bonchev–Trinajstić information content (AvgIpc) is 4.02. The lowest BCUT2D eigenvalue weighted by Gasteiger charge is -2.31. The highest BCUT2D eigenvalue weighted by Crippen LogP contribution is 2.39. The van der Waals surface area contributed by atoms with Crippen molar-refractivity contribution in [2.24, 2.45) is 11.5 Å². The fourth-order valence-electron chi connectivity index (χ4n) is 8.54. The molecule has 0 bridgehead atoms. The highest BCUT2D eigenvalue weighted by molar-refractivity contribution is 5.85. The zero-order valence-corrected chi connectivity index (χ0v) is 31.5. The molecule has 1 saturated heterocycles. The molecule has 4 fully saturated rings. The number of nitrogens with zero attached hydrogens (tertiary/aromatic N) is 11. The standard InChI is InChI=1S/C35H52N18O3/c1-2-53-50-31(49-51-53)27-25(54)26(55)33(56-27)52-16-40-24-30(47-35(48-32(24)52)44-22-9-5-18(37)6-10-22)42-20-13-11-19(12-14-20)41-29-23-28(39-15-38-23)45-34(46-29)43-21-7-3-17(36)4-8-21/h15-22,25-27,33,54-55H,2-14,36-37H2,1H3,(H2,42,44,47,48)(H3,38,39,41,43,45,46)/t17?,18?,19?,20?,21?,22?,25-,26+,27+,33-/m1/s1. The van der Waals surface area contributed by atoms with Crippen molar-refractivity contribution in [3.8, 4) is 0 Å². The minimum Gasteiger partial charge on any atom is -0.387 e. The van der Waals surface area contributed by atoms with E-state index in [2.05, 4.69) is 46.6 Å². The van der Waals surface area contributed by atoms with E-state index in [0.717, 1.165) is 88.4 Å². The second kappa shape index (κ2) is 15.6. The maximum Gasteiger partial charge on any atom is 0.227 e. The molecule has 5 aromatic heterocycles. The first-order valence-electron chi connectivity index (χ1n) is 20.1. The van der Waals surface area contributed by atoms with Crippen LogP contribution in [-0.2, 0) is 11.3 Å². The molecular formula is C35H52N18O3. The van der Waals surface area contributed by atoms with E-state index in [1.807, 2.05) is 6.92 Å².